The van der Waals surface area contributed by atoms with Crippen LogP contribution in [0, 0.1) is 5.41 Å². The van der Waals surface area contributed by atoms with Crippen molar-refractivity contribution >= 4 is 9.84 Å². The number of aliphatic hydroxyl groups excluding tert-OH is 1. The topological polar surface area (TPSA) is 63.6 Å². The Morgan fingerprint density at radius 3 is 2.60 bits per heavy atom. The van der Waals surface area contributed by atoms with Crippen LogP contribution in [-0.2, 0) is 14.6 Å². The van der Waals surface area contributed by atoms with E-state index < -0.39 is 9.84 Å². The SMILES string of the molecule is CCCS(=O)(=O)CCC1(CO)CCOC1. The fraction of sp³-hybridized carbons (Fsp3) is 1.00. The zero-order chi connectivity index (χ0) is 11.4. The Balaban J connectivity index is 2.47. The third-order valence-corrected chi connectivity index (χ3v) is 4.84. The Kier molecular flexibility index (Phi) is 4.55. The molecule has 0 amide bonds. The molecule has 1 aliphatic rings. The second-order valence-corrected chi connectivity index (χ2v) is 6.67. The first-order valence-electron chi connectivity index (χ1n) is 5.43. The highest BCUT2D eigenvalue weighted by molar-refractivity contribution is 7.91. The Bertz CT molecular complexity index is 278. The van der Waals surface area contributed by atoms with Gasteiger partial charge < -0.3 is 9.84 Å². The van der Waals surface area contributed by atoms with E-state index in [1.54, 1.807) is 0 Å². The lowest BCUT2D eigenvalue weighted by Crippen LogP contribution is -2.29. The van der Waals surface area contributed by atoms with Crippen molar-refractivity contribution in [3.63, 3.8) is 0 Å². The average Bonchev–Trinajstić information content (AvgIpc) is 2.64. The third kappa shape index (κ3) is 3.74. The van der Waals surface area contributed by atoms with Crippen LogP contribution in [0.2, 0.25) is 0 Å². The highest BCUT2D eigenvalue weighted by atomic mass is 32.2. The van der Waals surface area contributed by atoms with Crippen molar-refractivity contribution < 1.29 is 18.3 Å². The van der Waals surface area contributed by atoms with E-state index in [4.69, 9.17) is 4.74 Å². The number of hydrogen-bond acceptors (Lipinski definition) is 4. The van der Waals surface area contributed by atoms with Crippen LogP contribution in [0.3, 0.4) is 0 Å². The minimum absolute atomic E-state index is 0.0225. The van der Waals surface area contributed by atoms with Gasteiger partial charge in [-0.15, -0.1) is 0 Å². The number of hydrogen-bond donors (Lipinski definition) is 1. The van der Waals surface area contributed by atoms with Gasteiger partial charge in [-0.05, 0) is 19.3 Å². The molecular weight excluding hydrogens is 216 g/mol. The summed E-state index contributed by atoms with van der Waals surface area (Å²) < 4.78 is 28.3. The highest BCUT2D eigenvalue weighted by Crippen LogP contribution is 2.32. The minimum atomic E-state index is -2.93. The molecule has 0 saturated carbocycles. The number of ether oxygens (including phenoxy) is 1. The lowest BCUT2D eigenvalue weighted by atomic mass is 9.86. The van der Waals surface area contributed by atoms with Gasteiger partial charge in [0.1, 0.15) is 9.84 Å². The maximum Gasteiger partial charge on any atom is 0.150 e. The number of sulfone groups is 1. The van der Waals surface area contributed by atoms with Crippen LogP contribution < -0.4 is 0 Å². The van der Waals surface area contributed by atoms with Crippen molar-refractivity contribution in [3.05, 3.63) is 0 Å². The second kappa shape index (κ2) is 5.27. The van der Waals surface area contributed by atoms with Crippen LogP contribution in [0.1, 0.15) is 26.2 Å². The van der Waals surface area contributed by atoms with Crippen LogP contribution in [0.5, 0.6) is 0 Å². The molecule has 1 atom stereocenters. The zero-order valence-electron chi connectivity index (χ0n) is 9.24. The summed E-state index contributed by atoms with van der Waals surface area (Å²) in [6.07, 6.45) is 1.95. The van der Waals surface area contributed by atoms with E-state index in [0.29, 0.717) is 26.1 Å². The zero-order valence-corrected chi connectivity index (χ0v) is 10.1. The van der Waals surface area contributed by atoms with Crippen molar-refractivity contribution in [2.45, 2.75) is 26.2 Å². The Morgan fingerprint density at radius 2 is 2.13 bits per heavy atom. The van der Waals surface area contributed by atoms with Crippen LogP contribution in [0.25, 0.3) is 0 Å². The summed E-state index contributed by atoms with van der Waals surface area (Å²) in [5, 5.41) is 9.27. The summed E-state index contributed by atoms with van der Waals surface area (Å²) in [6, 6.07) is 0. The predicted octanol–water partition coefficient (Wildman–Crippen LogP) is 0.600. The summed E-state index contributed by atoms with van der Waals surface area (Å²) in [6.45, 7) is 3.01. The molecule has 0 aromatic carbocycles. The second-order valence-electron chi connectivity index (χ2n) is 4.36. The first kappa shape index (κ1) is 12.9. The standard InChI is InChI=1S/C10H20O4S/c1-2-6-15(12,13)7-4-10(8-11)3-5-14-9-10/h11H,2-9H2,1H3. The molecule has 0 radical (unpaired) electrons. The maximum absolute atomic E-state index is 11.5. The van der Waals surface area contributed by atoms with Crippen LogP contribution in [-0.4, -0.2) is 44.9 Å². The van der Waals surface area contributed by atoms with E-state index in [0.717, 1.165) is 6.42 Å². The van der Waals surface area contributed by atoms with Gasteiger partial charge >= 0.3 is 0 Å². The molecule has 4 nitrogen and oxygen atoms in total. The first-order chi connectivity index (χ1) is 7.04. The molecule has 90 valence electrons. The van der Waals surface area contributed by atoms with E-state index in [1.165, 1.54) is 0 Å². The molecule has 0 aromatic rings. The van der Waals surface area contributed by atoms with Gasteiger partial charge in [0.25, 0.3) is 0 Å². The lowest BCUT2D eigenvalue weighted by molar-refractivity contribution is 0.0910. The Labute approximate surface area is 91.6 Å². The maximum atomic E-state index is 11.5. The van der Waals surface area contributed by atoms with Gasteiger partial charge in [0.2, 0.25) is 0 Å². The van der Waals surface area contributed by atoms with Gasteiger partial charge in [-0.2, -0.15) is 0 Å². The summed E-state index contributed by atoms with van der Waals surface area (Å²) in [5.74, 6) is 0.417. The Hall–Kier alpha value is -0.130. The van der Waals surface area contributed by atoms with Crippen molar-refractivity contribution in [3.8, 4) is 0 Å². The minimum Gasteiger partial charge on any atom is -0.396 e. The number of aliphatic hydroxyl groups is 1. The van der Waals surface area contributed by atoms with Crippen LogP contribution >= 0.6 is 0 Å². The predicted molar refractivity (Wildman–Crippen MR) is 58.5 cm³/mol. The summed E-state index contributed by atoms with van der Waals surface area (Å²) >= 11 is 0. The van der Waals surface area contributed by atoms with Crippen molar-refractivity contribution in [2.24, 2.45) is 5.41 Å². The quantitative estimate of drug-likeness (QED) is 0.733. The van der Waals surface area contributed by atoms with E-state index in [9.17, 15) is 13.5 Å². The van der Waals surface area contributed by atoms with Gasteiger partial charge in [-0.1, -0.05) is 6.92 Å². The lowest BCUT2D eigenvalue weighted by Gasteiger charge is -2.24. The van der Waals surface area contributed by atoms with Gasteiger partial charge in [0, 0.05) is 17.8 Å². The molecule has 1 saturated heterocycles. The molecular formula is C10H20O4S. The Morgan fingerprint density at radius 1 is 1.40 bits per heavy atom. The van der Waals surface area contributed by atoms with Crippen molar-refractivity contribution in [2.75, 3.05) is 31.3 Å². The summed E-state index contributed by atoms with van der Waals surface area (Å²) in [7, 11) is -2.93. The fourth-order valence-corrected chi connectivity index (χ4v) is 3.41. The molecule has 1 heterocycles. The largest absolute Gasteiger partial charge is 0.396 e. The fourth-order valence-electron chi connectivity index (χ4n) is 1.84. The van der Waals surface area contributed by atoms with E-state index in [-0.39, 0.29) is 23.5 Å². The summed E-state index contributed by atoms with van der Waals surface area (Å²) in [4.78, 5) is 0. The van der Waals surface area contributed by atoms with Crippen LogP contribution in [0.4, 0.5) is 0 Å². The first-order valence-corrected chi connectivity index (χ1v) is 7.25. The monoisotopic (exact) mass is 236 g/mol. The van der Waals surface area contributed by atoms with Gasteiger partial charge in [0.05, 0.1) is 19.0 Å². The highest BCUT2D eigenvalue weighted by Gasteiger charge is 2.35. The molecule has 1 fully saturated rings. The van der Waals surface area contributed by atoms with E-state index in [1.807, 2.05) is 6.92 Å². The van der Waals surface area contributed by atoms with E-state index in [2.05, 4.69) is 0 Å². The van der Waals surface area contributed by atoms with Crippen molar-refractivity contribution in [1.82, 2.24) is 0 Å². The molecule has 5 heteroatoms. The molecule has 0 aromatic heterocycles. The molecule has 1 aliphatic heterocycles. The van der Waals surface area contributed by atoms with Gasteiger partial charge in [-0.25, -0.2) is 8.42 Å². The van der Waals surface area contributed by atoms with Crippen LogP contribution in [0.15, 0.2) is 0 Å². The molecule has 1 rings (SSSR count). The smallest absolute Gasteiger partial charge is 0.150 e. The average molecular weight is 236 g/mol. The third-order valence-electron chi connectivity index (χ3n) is 2.98. The van der Waals surface area contributed by atoms with Gasteiger partial charge in [0.15, 0.2) is 0 Å². The normalized spacial score (nSPS) is 27.1. The number of rotatable bonds is 6. The molecule has 0 bridgehead atoms. The summed E-state index contributed by atoms with van der Waals surface area (Å²) in [5.41, 5.74) is -0.305. The molecule has 0 spiro atoms. The molecule has 1 N–H and O–H groups in total. The molecule has 0 aliphatic carbocycles. The molecule has 15 heavy (non-hydrogen) atoms. The molecule has 1 unspecified atom stereocenters. The van der Waals surface area contributed by atoms with E-state index >= 15 is 0 Å². The van der Waals surface area contributed by atoms with Gasteiger partial charge in [-0.3, -0.25) is 0 Å². The van der Waals surface area contributed by atoms with Crippen molar-refractivity contribution in [1.29, 1.82) is 0 Å².